The predicted molar refractivity (Wildman–Crippen MR) is 144 cm³/mol. The summed E-state index contributed by atoms with van der Waals surface area (Å²) < 4.78 is 1.00. The van der Waals surface area contributed by atoms with Gasteiger partial charge in [-0.1, -0.05) is 6.07 Å². The number of nitrogens with zero attached hydrogens (tertiary/aromatic N) is 3. The summed E-state index contributed by atoms with van der Waals surface area (Å²) in [5, 5.41) is 15.4. The smallest absolute Gasteiger partial charge is 0.335 e. The first-order chi connectivity index (χ1) is 17.4. The summed E-state index contributed by atoms with van der Waals surface area (Å²) in [5.41, 5.74) is 6.84. The first kappa shape index (κ1) is 23.3. The lowest BCUT2D eigenvalue weighted by Gasteiger charge is -2.24. The number of aromatic nitrogens is 3. The minimum Gasteiger partial charge on any atom is -0.478 e. The van der Waals surface area contributed by atoms with Gasteiger partial charge in [-0.15, -0.1) is 11.3 Å². The van der Waals surface area contributed by atoms with Crippen LogP contribution in [-0.4, -0.2) is 45.0 Å². The molecule has 9 nitrogen and oxygen atoms in total. The van der Waals surface area contributed by atoms with Crippen LogP contribution < -0.4 is 15.5 Å². The number of fused-ring (bicyclic) bond motifs is 2. The molecular formula is C26H24N6O3S. The van der Waals surface area contributed by atoms with Crippen molar-refractivity contribution in [2.24, 2.45) is 0 Å². The van der Waals surface area contributed by atoms with Crippen molar-refractivity contribution in [2.45, 2.75) is 13.8 Å². The number of carbonyl (C=O) groups is 2. The first-order valence-electron chi connectivity index (χ1n) is 11.5. The van der Waals surface area contributed by atoms with Crippen LogP contribution in [0.3, 0.4) is 0 Å². The van der Waals surface area contributed by atoms with Crippen LogP contribution >= 0.6 is 11.3 Å². The fourth-order valence-electron chi connectivity index (χ4n) is 4.11. The van der Waals surface area contributed by atoms with E-state index in [4.69, 9.17) is 0 Å². The third-order valence-electron chi connectivity index (χ3n) is 5.91. The highest BCUT2D eigenvalue weighted by Crippen LogP contribution is 2.30. The first-order valence-corrected chi connectivity index (χ1v) is 12.4. The van der Waals surface area contributed by atoms with Gasteiger partial charge in [-0.05, 0) is 62.4 Å². The van der Waals surface area contributed by atoms with E-state index in [2.05, 4.69) is 30.5 Å². The Bertz CT molecular complexity index is 1590. The third-order valence-corrected chi connectivity index (χ3v) is 6.70. The van der Waals surface area contributed by atoms with Gasteiger partial charge in [0.1, 0.15) is 0 Å². The molecule has 0 spiro atoms. The molecule has 10 heteroatoms. The molecule has 0 aliphatic heterocycles. The van der Waals surface area contributed by atoms with E-state index in [1.807, 2.05) is 38.1 Å². The van der Waals surface area contributed by atoms with Crippen LogP contribution in [0.15, 0.2) is 60.1 Å². The standard InChI is InChI=1S/C26H24N6O3S/c1-3-32(4-2)22-13-21-20(30-26(31-21)29-16-7-5-6-15(10-16)25(34)35)12-18(22)24(33)28-17-8-9-19-23(11-17)36-14-27-19/h5-14H,3-4H2,1-2H3,(H,28,33)(H,34,35)(H2,29,30,31). The zero-order valence-corrected chi connectivity index (χ0v) is 20.5. The minimum atomic E-state index is -1.00. The number of carbonyl (C=O) groups excluding carboxylic acids is 1. The van der Waals surface area contributed by atoms with Gasteiger partial charge in [0.25, 0.3) is 5.91 Å². The van der Waals surface area contributed by atoms with Gasteiger partial charge in [-0.25, -0.2) is 14.8 Å². The molecule has 0 aliphatic carbocycles. The summed E-state index contributed by atoms with van der Waals surface area (Å²) in [5.74, 6) is -0.780. The molecule has 0 bridgehead atoms. The molecule has 0 unspecified atom stereocenters. The van der Waals surface area contributed by atoms with Gasteiger partial charge in [-0.2, -0.15) is 0 Å². The number of rotatable bonds is 8. The topological polar surface area (TPSA) is 123 Å². The van der Waals surface area contributed by atoms with Crippen LogP contribution in [0.5, 0.6) is 0 Å². The Morgan fingerprint density at radius 3 is 2.64 bits per heavy atom. The van der Waals surface area contributed by atoms with Crippen LogP contribution in [0.1, 0.15) is 34.6 Å². The molecule has 182 valence electrons. The number of carboxylic acid groups (broad SMARTS) is 1. The molecule has 0 saturated heterocycles. The molecule has 4 N–H and O–H groups in total. The largest absolute Gasteiger partial charge is 0.478 e. The maximum Gasteiger partial charge on any atom is 0.335 e. The number of amides is 1. The minimum absolute atomic E-state index is 0.176. The third kappa shape index (κ3) is 4.58. The van der Waals surface area contributed by atoms with Crippen LogP contribution in [0.25, 0.3) is 21.3 Å². The summed E-state index contributed by atoms with van der Waals surface area (Å²) in [7, 11) is 0. The molecule has 36 heavy (non-hydrogen) atoms. The highest BCUT2D eigenvalue weighted by Gasteiger charge is 2.19. The molecule has 0 aliphatic rings. The molecule has 0 fully saturated rings. The number of hydrogen-bond donors (Lipinski definition) is 4. The number of carboxylic acids is 1. The van der Waals surface area contributed by atoms with Crippen molar-refractivity contribution >= 4 is 67.5 Å². The monoisotopic (exact) mass is 500 g/mol. The van der Waals surface area contributed by atoms with E-state index in [1.165, 1.54) is 23.5 Å². The molecule has 0 atom stereocenters. The number of H-pyrrole nitrogens is 1. The number of imidazole rings is 1. The molecule has 0 saturated carbocycles. The molecule has 2 heterocycles. The molecule has 5 rings (SSSR count). The van der Waals surface area contributed by atoms with Crippen molar-refractivity contribution in [1.29, 1.82) is 0 Å². The zero-order valence-electron chi connectivity index (χ0n) is 19.7. The Hall–Kier alpha value is -4.44. The number of anilines is 4. The lowest BCUT2D eigenvalue weighted by atomic mass is 10.1. The van der Waals surface area contributed by atoms with Gasteiger partial charge in [0, 0.05) is 24.5 Å². The van der Waals surface area contributed by atoms with Gasteiger partial charge in [0.05, 0.1) is 43.6 Å². The highest BCUT2D eigenvalue weighted by atomic mass is 32.1. The summed E-state index contributed by atoms with van der Waals surface area (Å²) >= 11 is 1.52. The second-order valence-corrected chi connectivity index (χ2v) is 9.03. The number of aromatic amines is 1. The number of benzene rings is 3. The van der Waals surface area contributed by atoms with E-state index >= 15 is 0 Å². The molecule has 1 amide bonds. The van der Waals surface area contributed by atoms with Gasteiger partial charge in [0.15, 0.2) is 0 Å². The zero-order chi connectivity index (χ0) is 25.2. The van der Waals surface area contributed by atoms with Crippen LogP contribution in [-0.2, 0) is 0 Å². The second kappa shape index (κ2) is 9.67. The van der Waals surface area contributed by atoms with E-state index in [1.54, 1.807) is 23.7 Å². The van der Waals surface area contributed by atoms with E-state index in [-0.39, 0.29) is 11.5 Å². The van der Waals surface area contributed by atoms with Gasteiger partial charge < -0.3 is 25.6 Å². The Labute approximate surface area is 210 Å². The molecular weight excluding hydrogens is 476 g/mol. The summed E-state index contributed by atoms with van der Waals surface area (Å²) in [4.78, 5) is 39.0. The molecule has 5 aromatic rings. The van der Waals surface area contributed by atoms with Crippen molar-refractivity contribution < 1.29 is 14.7 Å². The van der Waals surface area contributed by atoms with Gasteiger partial charge in [0.2, 0.25) is 5.95 Å². The van der Waals surface area contributed by atoms with Crippen molar-refractivity contribution in [3.05, 3.63) is 71.2 Å². The maximum atomic E-state index is 13.4. The van der Waals surface area contributed by atoms with Crippen molar-refractivity contribution in [2.75, 3.05) is 28.6 Å². The number of nitrogens with one attached hydrogen (secondary N) is 3. The Kier molecular flexibility index (Phi) is 6.26. The van der Waals surface area contributed by atoms with Crippen LogP contribution in [0.4, 0.5) is 23.0 Å². The van der Waals surface area contributed by atoms with E-state index < -0.39 is 5.97 Å². The van der Waals surface area contributed by atoms with Crippen molar-refractivity contribution in [3.8, 4) is 0 Å². The lowest BCUT2D eigenvalue weighted by molar-refractivity contribution is 0.0696. The SMILES string of the molecule is CCN(CC)c1cc2[nH]c(Nc3cccc(C(=O)O)c3)nc2cc1C(=O)Nc1ccc2ncsc2c1. The Morgan fingerprint density at radius 1 is 1.03 bits per heavy atom. The van der Waals surface area contributed by atoms with Gasteiger partial charge in [-0.3, -0.25) is 4.79 Å². The maximum absolute atomic E-state index is 13.4. The van der Waals surface area contributed by atoms with Crippen molar-refractivity contribution in [1.82, 2.24) is 15.0 Å². The van der Waals surface area contributed by atoms with E-state index in [0.717, 1.165) is 34.5 Å². The second-order valence-electron chi connectivity index (χ2n) is 8.14. The summed E-state index contributed by atoms with van der Waals surface area (Å²) in [6.07, 6.45) is 0. The van der Waals surface area contributed by atoms with E-state index in [0.29, 0.717) is 28.4 Å². The Morgan fingerprint density at radius 2 is 1.86 bits per heavy atom. The lowest BCUT2D eigenvalue weighted by Crippen LogP contribution is -2.25. The predicted octanol–water partition coefficient (Wildman–Crippen LogP) is 5.71. The molecule has 2 aromatic heterocycles. The normalized spacial score (nSPS) is 11.1. The number of thiazole rings is 1. The van der Waals surface area contributed by atoms with E-state index in [9.17, 15) is 14.7 Å². The Balaban J connectivity index is 1.50. The van der Waals surface area contributed by atoms with Gasteiger partial charge >= 0.3 is 5.97 Å². The fraction of sp³-hybridized carbons (Fsp3) is 0.154. The quantitative estimate of drug-likeness (QED) is 0.215. The van der Waals surface area contributed by atoms with Crippen molar-refractivity contribution in [3.63, 3.8) is 0 Å². The summed E-state index contributed by atoms with van der Waals surface area (Å²) in [6.45, 7) is 5.55. The number of aromatic carboxylic acids is 1. The summed E-state index contributed by atoms with van der Waals surface area (Å²) in [6, 6.07) is 15.9. The highest BCUT2D eigenvalue weighted by molar-refractivity contribution is 7.16. The molecule has 3 aromatic carbocycles. The molecule has 0 radical (unpaired) electrons. The average molecular weight is 501 g/mol. The fourth-order valence-corrected chi connectivity index (χ4v) is 4.83. The van der Waals surface area contributed by atoms with Crippen LogP contribution in [0, 0.1) is 0 Å². The van der Waals surface area contributed by atoms with Crippen LogP contribution in [0.2, 0.25) is 0 Å². The average Bonchev–Trinajstić information content (AvgIpc) is 3.50. The number of hydrogen-bond acceptors (Lipinski definition) is 7.